The summed E-state index contributed by atoms with van der Waals surface area (Å²) in [5, 5.41) is 3.27. The van der Waals surface area contributed by atoms with Crippen LogP contribution in [0.2, 0.25) is 0 Å². The third-order valence-corrected chi connectivity index (χ3v) is 5.40. The lowest BCUT2D eigenvalue weighted by Crippen LogP contribution is -2.38. The van der Waals surface area contributed by atoms with Gasteiger partial charge in [-0.25, -0.2) is 0 Å². The Kier molecular flexibility index (Phi) is 6.34. The largest absolute Gasteiger partial charge is 0.353 e. The van der Waals surface area contributed by atoms with Crippen molar-refractivity contribution in [2.45, 2.75) is 89.6 Å². The zero-order valence-corrected chi connectivity index (χ0v) is 13.1. The van der Waals surface area contributed by atoms with Gasteiger partial charge in [0.15, 0.2) is 0 Å². The van der Waals surface area contributed by atoms with Crippen molar-refractivity contribution in [2.24, 2.45) is 17.6 Å². The first-order chi connectivity index (χ1) is 9.67. The molecule has 2 fully saturated rings. The molecule has 2 saturated carbocycles. The number of carbonyl (C=O) groups is 1. The summed E-state index contributed by atoms with van der Waals surface area (Å²) in [4.78, 5) is 12.1. The van der Waals surface area contributed by atoms with Crippen molar-refractivity contribution < 1.29 is 4.79 Å². The first-order valence-electron chi connectivity index (χ1n) is 8.72. The number of hydrogen-bond donors (Lipinski definition) is 2. The van der Waals surface area contributed by atoms with Crippen LogP contribution in [0.1, 0.15) is 77.6 Å². The second kappa shape index (κ2) is 8.02. The van der Waals surface area contributed by atoms with Gasteiger partial charge in [0.1, 0.15) is 0 Å². The zero-order valence-electron chi connectivity index (χ0n) is 13.1. The molecule has 1 amide bonds. The lowest BCUT2D eigenvalue weighted by molar-refractivity contribution is -0.122. The highest BCUT2D eigenvalue weighted by Gasteiger charge is 2.23. The Hall–Kier alpha value is -0.570. The number of nitrogens with two attached hydrogens (primary N) is 1. The first-order valence-corrected chi connectivity index (χ1v) is 8.72. The average Bonchev–Trinajstić information content (AvgIpc) is 2.47. The fraction of sp³-hybridized carbons (Fsp3) is 0.941. The second-order valence-corrected chi connectivity index (χ2v) is 7.02. The summed E-state index contributed by atoms with van der Waals surface area (Å²) in [6.45, 7) is 2.27. The quantitative estimate of drug-likeness (QED) is 0.811. The van der Waals surface area contributed by atoms with Gasteiger partial charge >= 0.3 is 0 Å². The summed E-state index contributed by atoms with van der Waals surface area (Å²) in [5.41, 5.74) is 5.92. The lowest BCUT2D eigenvalue weighted by atomic mass is 9.83. The molecule has 20 heavy (non-hydrogen) atoms. The second-order valence-electron chi connectivity index (χ2n) is 7.02. The molecule has 0 radical (unpaired) electrons. The molecule has 0 heterocycles. The molecule has 0 bridgehead atoms. The fourth-order valence-corrected chi connectivity index (χ4v) is 3.90. The highest BCUT2D eigenvalue weighted by Crippen LogP contribution is 2.28. The smallest absolute Gasteiger partial charge is 0.220 e. The third-order valence-electron chi connectivity index (χ3n) is 5.40. The molecule has 3 N–H and O–H groups in total. The molecule has 0 aliphatic heterocycles. The van der Waals surface area contributed by atoms with Crippen molar-refractivity contribution in [1.29, 1.82) is 0 Å². The minimum absolute atomic E-state index is 0.279. The van der Waals surface area contributed by atoms with E-state index in [1.807, 2.05) is 0 Å². The van der Waals surface area contributed by atoms with Gasteiger partial charge < -0.3 is 11.1 Å². The van der Waals surface area contributed by atoms with Crippen LogP contribution in [0.3, 0.4) is 0 Å². The molecule has 0 aromatic rings. The SMILES string of the molecule is CCC1CCCC(NC(=O)CCC2CCC(N)CC2)C1. The van der Waals surface area contributed by atoms with E-state index in [0.717, 1.165) is 31.1 Å². The Balaban J connectivity index is 1.62. The maximum absolute atomic E-state index is 12.1. The van der Waals surface area contributed by atoms with Crippen LogP contribution in [-0.4, -0.2) is 18.0 Å². The van der Waals surface area contributed by atoms with E-state index in [1.54, 1.807) is 0 Å². The maximum Gasteiger partial charge on any atom is 0.220 e. The van der Waals surface area contributed by atoms with Gasteiger partial charge in [0.2, 0.25) is 5.91 Å². The van der Waals surface area contributed by atoms with Crippen LogP contribution < -0.4 is 11.1 Å². The third kappa shape index (κ3) is 5.08. The predicted molar refractivity (Wildman–Crippen MR) is 83.3 cm³/mol. The van der Waals surface area contributed by atoms with Crippen molar-refractivity contribution in [3.8, 4) is 0 Å². The Morgan fingerprint density at radius 2 is 1.85 bits per heavy atom. The van der Waals surface area contributed by atoms with E-state index in [4.69, 9.17) is 5.73 Å². The normalized spacial score (nSPS) is 34.7. The van der Waals surface area contributed by atoms with Crippen LogP contribution in [0.15, 0.2) is 0 Å². The molecule has 2 atom stereocenters. The van der Waals surface area contributed by atoms with Gasteiger partial charge in [-0.3, -0.25) is 4.79 Å². The van der Waals surface area contributed by atoms with Crippen molar-refractivity contribution in [2.75, 3.05) is 0 Å². The van der Waals surface area contributed by atoms with Gasteiger partial charge in [-0.1, -0.05) is 26.2 Å². The summed E-state index contributed by atoms with van der Waals surface area (Å²) >= 11 is 0. The molecule has 116 valence electrons. The zero-order chi connectivity index (χ0) is 14.4. The van der Waals surface area contributed by atoms with Crippen LogP contribution in [-0.2, 0) is 4.79 Å². The summed E-state index contributed by atoms with van der Waals surface area (Å²) in [7, 11) is 0. The van der Waals surface area contributed by atoms with Crippen LogP contribution >= 0.6 is 0 Å². The van der Waals surface area contributed by atoms with E-state index in [9.17, 15) is 4.79 Å². The molecule has 0 saturated heterocycles. The van der Waals surface area contributed by atoms with Gasteiger partial charge in [-0.2, -0.15) is 0 Å². The Bertz CT molecular complexity index is 297. The molecular weight excluding hydrogens is 248 g/mol. The van der Waals surface area contributed by atoms with Gasteiger partial charge in [0.25, 0.3) is 0 Å². The fourth-order valence-electron chi connectivity index (χ4n) is 3.90. The maximum atomic E-state index is 12.1. The van der Waals surface area contributed by atoms with Crippen molar-refractivity contribution in [3.05, 3.63) is 0 Å². The number of carbonyl (C=O) groups excluding carboxylic acids is 1. The molecule has 3 nitrogen and oxygen atoms in total. The molecule has 2 aliphatic rings. The predicted octanol–water partition coefficient (Wildman–Crippen LogP) is 3.37. The molecule has 3 heteroatoms. The molecular formula is C17H32N2O. The first kappa shape index (κ1) is 15.8. The monoisotopic (exact) mass is 280 g/mol. The van der Waals surface area contributed by atoms with Gasteiger partial charge in [0, 0.05) is 18.5 Å². The topological polar surface area (TPSA) is 55.1 Å². The summed E-state index contributed by atoms with van der Waals surface area (Å²) in [6, 6.07) is 0.856. The Labute approximate surface area is 124 Å². The molecule has 0 aromatic heterocycles. The van der Waals surface area contributed by atoms with E-state index < -0.39 is 0 Å². The minimum atomic E-state index is 0.279. The average molecular weight is 280 g/mol. The van der Waals surface area contributed by atoms with Crippen molar-refractivity contribution >= 4 is 5.91 Å². The van der Waals surface area contributed by atoms with E-state index in [-0.39, 0.29) is 5.91 Å². The highest BCUT2D eigenvalue weighted by molar-refractivity contribution is 5.76. The summed E-state index contributed by atoms with van der Waals surface area (Å²) < 4.78 is 0. The summed E-state index contributed by atoms with van der Waals surface area (Å²) in [6.07, 6.45) is 12.8. The van der Waals surface area contributed by atoms with Crippen LogP contribution in [0.5, 0.6) is 0 Å². The number of hydrogen-bond acceptors (Lipinski definition) is 2. The van der Waals surface area contributed by atoms with Crippen LogP contribution in [0, 0.1) is 11.8 Å². The summed E-state index contributed by atoms with van der Waals surface area (Å²) in [5.74, 6) is 1.84. The number of nitrogens with one attached hydrogen (secondary N) is 1. The van der Waals surface area contributed by atoms with E-state index in [0.29, 0.717) is 18.5 Å². The van der Waals surface area contributed by atoms with Crippen LogP contribution in [0.25, 0.3) is 0 Å². The molecule has 2 unspecified atom stereocenters. The van der Waals surface area contributed by atoms with Gasteiger partial charge in [-0.15, -0.1) is 0 Å². The van der Waals surface area contributed by atoms with Gasteiger partial charge in [-0.05, 0) is 56.8 Å². The lowest BCUT2D eigenvalue weighted by Gasteiger charge is -2.29. The van der Waals surface area contributed by atoms with E-state index in [2.05, 4.69) is 12.2 Å². The number of amides is 1. The van der Waals surface area contributed by atoms with Crippen LogP contribution in [0.4, 0.5) is 0 Å². The van der Waals surface area contributed by atoms with E-state index >= 15 is 0 Å². The molecule has 0 spiro atoms. The van der Waals surface area contributed by atoms with Crippen molar-refractivity contribution in [1.82, 2.24) is 5.32 Å². The number of rotatable bonds is 5. The van der Waals surface area contributed by atoms with Gasteiger partial charge in [0.05, 0.1) is 0 Å². The molecule has 0 aromatic carbocycles. The standard InChI is InChI=1S/C17H32N2O/c1-2-13-4-3-5-16(12-13)19-17(20)11-8-14-6-9-15(18)10-7-14/h13-16H,2-12,18H2,1H3,(H,19,20). The minimum Gasteiger partial charge on any atom is -0.353 e. The van der Waals surface area contributed by atoms with Crippen molar-refractivity contribution in [3.63, 3.8) is 0 Å². The highest BCUT2D eigenvalue weighted by atomic mass is 16.1. The van der Waals surface area contributed by atoms with E-state index in [1.165, 1.54) is 44.9 Å². The Morgan fingerprint density at radius 3 is 2.55 bits per heavy atom. The molecule has 2 rings (SSSR count). The molecule has 2 aliphatic carbocycles. The Morgan fingerprint density at radius 1 is 1.10 bits per heavy atom.